The number of carbonyl (C=O) groups is 1. The van der Waals surface area contributed by atoms with E-state index >= 15 is 0 Å². The van der Waals surface area contributed by atoms with E-state index in [1.807, 2.05) is 6.92 Å². The standard InChI is InChI=1S/C14H18ClFN2O2/c1-9-7-18(8-11(9)14(17)19)4-5-20-13-3-2-10(16)6-12(13)15/h2-3,6,9,11H,4-5,7-8H2,1H3,(H2,17,19)/t9-,11-/m1/s1. The predicted octanol–water partition coefficient (Wildman–Crippen LogP) is 1.91. The van der Waals surface area contributed by atoms with Gasteiger partial charge in [0.15, 0.2) is 0 Å². The summed E-state index contributed by atoms with van der Waals surface area (Å²) in [4.78, 5) is 13.4. The van der Waals surface area contributed by atoms with E-state index in [1.54, 1.807) is 0 Å². The quantitative estimate of drug-likeness (QED) is 0.904. The number of benzene rings is 1. The van der Waals surface area contributed by atoms with Crippen LogP contribution < -0.4 is 10.5 Å². The second-order valence-corrected chi connectivity index (χ2v) is 5.58. The first-order valence-corrected chi connectivity index (χ1v) is 6.94. The molecule has 0 spiro atoms. The monoisotopic (exact) mass is 300 g/mol. The fourth-order valence-electron chi connectivity index (χ4n) is 2.50. The minimum absolute atomic E-state index is 0.0931. The lowest BCUT2D eigenvalue weighted by Gasteiger charge is -2.16. The summed E-state index contributed by atoms with van der Waals surface area (Å²) in [5, 5.41) is 0.259. The van der Waals surface area contributed by atoms with Crippen LogP contribution in [0.1, 0.15) is 6.92 Å². The normalized spacial score (nSPS) is 22.9. The van der Waals surface area contributed by atoms with Crippen molar-refractivity contribution >= 4 is 17.5 Å². The Labute approximate surface area is 122 Å². The summed E-state index contributed by atoms with van der Waals surface area (Å²) in [5.41, 5.74) is 5.35. The van der Waals surface area contributed by atoms with Crippen LogP contribution in [0.4, 0.5) is 4.39 Å². The third-order valence-electron chi connectivity index (χ3n) is 3.61. The van der Waals surface area contributed by atoms with Gasteiger partial charge >= 0.3 is 0 Å². The first-order chi connectivity index (χ1) is 9.47. The molecule has 6 heteroatoms. The number of halogens is 2. The van der Waals surface area contributed by atoms with Crippen molar-refractivity contribution in [3.05, 3.63) is 29.0 Å². The van der Waals surface area contributed by atoms with Gasteiger partial charge in [-0.25, -0.2) is 4.39 Å². The van der Waals surface area contributed by atoms with Crippen LogP contribution in [-0.4, -0.2) is 37.0 Å². The average molecular weight is 301 g/mol. The van der Waals surface area contributed by atoms with Crippen LogP contribution in [0.5, 0.6) is 5.75 Å². The second-order valence-electron chi connectivity index (χ2n) is 5.17. The number of amides is 1. The average Bonchev–Trinajstić information content (AvgIpc) is 2.73. The van der Waals surface area contributed by atoms with Gasteiger partial charge in [-0.3, -0.25) is 9.69 Å². The van der Waals surface area contributed by atoms with E-state index < -0.39 is 0 Å². The molecule has 0 aliphatic carbocycles. The van der Waals surface area contributed by atoms with Gasteiger partial charge in [-0.05, 0) is 24.1 Å². The molecular formula is C14H18ClFN2O2. The number of primary amides is 1. The fraction of sp³-hybridized carbons (Fsp3) is 0.500. The molecule has 2 N–H and O–H groups in total. The topological polar surface area (TPSA) is 55.6 Å². The Morgan fingerprint density at radius 3 is 2.90 bits per heavy atom. The van der Waals surface area contributed by atoms with Crippen molar-refractivity contribution in [1.29, 1.82) is 0 Å². The van der Waals surface area contributed by atoms with Crippen molar-refractivity contribution in [2.75, 3.05) is 26.2 Å². The lowest BCUT2D eigenvalue weighted by molar-refractivity contribution is -0.122. The Morgan fingerprint density at radius 1 is 1.55 bits per heavy atom. The van der Waals surface area contributed by atoms with Gasteiger partial charge in [0.05, 0.1) is 10.9 Å². The maximum atomic E-state index is 12.9. The summed E-state index contributed by atoms with van der Waals surface area (Å²) in [5.74, 6) is 0.000552. The number of ether oxygens (including phenoxy) is 1. The molecule has 1 aliphatic heterocycles. The van der Waals surface area contributed by atoms with Crippen LogP contribution in [0.3, 0.4) is 0 Å². The molecule has 110 valence electrons. The summed E-state index contributed by atoms with van der Waals surface area (Å²) in [6, 6.07) is 4.04. The number of rotatable bonds is 5. The van der Waals surface area contributed by atoms with Gasteiger partial charge in [0.2, 0.25) is 5.91 Å². The second kappa shape index (κ2) is 6.41. The van der Waals surface area contributed by atoms with Crippen LogP contribution in [0.2, 0.25) is 5.02 Å². The van der Waals surface area contributed by atoms with Crippen molar-refractivity contribution in [2.45, 2.75) is 6.92 Å². The van der Waals surface area contributed by atoms with E-state index in [0.29, 0.717) is 25.4 Å². The molecular weight excluding hydrogens is 283 g/mol. The van der Waals surface area contributed by atoms with Gasteiger partial charge in [-0.1, -0.05) is 18.5 Å². The molecule has 0 aromatic heterocycles. The zero-order chi connectivity index (χ0) is 14.7. The molecule has 2 rings (SSSR count). The summed E-state index contributed by atoms with van der Waals surface area (Å²) >= 11 is 5.87. The van der Waals surface area contributed by atoms with Crippen molar-refractivity contribution in [1.82, 2.24) is 4.90 Å². The van der Waals surface area contributed by atoms with Crippen LogP contribution >= 0.6 is 11.6 Å². The van der Waals surface area contributed by atoms with Crippen LogP contribution in [0, 0.1) is 17.7 Å². The van der Waals surface area contributed by atoms with Gasteiger partial charge in [0.1, 0.15) is 18.2 Å². The van der Waals surface area contributed by atoms with Crippen molar-refractivity contribution < 1.29 is 13.9 Å². The maximum absolute atomic E-state index is 12.9. The molecule has 0 saturated carbocycles. The summed E-state index contributed by atoms with van der Waals surface area (Å²) in [7, 11) is 0. The van der Waals surface area contributed by atoms with Gasteiger partial charge in [-0.2, -0.15) is 0 Å². The highest BCUT2D eigenvalue weighted by molar-refractivity contribution is 6.32. The number of hydrogen-bond donors (Lipinski definition) is 1. The first kappa shape index (κ1) is 15.1. The third kappa shape index (κ3) is 3.61. The van der Waals surface area contributed by atoms with Crippen LogP contribution in [0.25, 0.3) is 0 Å². The molecule has 1 aliphatic rings. The molecule has 20 heavy (non-hydrogen) atoms. The maximum Gasteiger partial charge on any atom is 0.222 e. The van der Waals surface area contributed by atoms with Crippen molar-refractivity contribution in [3.8, 4) is 5.75 Å². The zero-order valence-electron chi connectivity index (χ0n) is 11.3. The van der Waals surface area contributed by atoms with E-state index in [1.165, 1.54) is 18.2 Å². The van der Waals surface area contributed by atoms with Gasteiger partial charge in [0, 0.05) is 19.6 Å². The fourth-order valence-corrected chi connectivity index (χ4v) is 2.72. The largest absolute Gasteiger partial charge is 0.491 e. The summed E-state index contributed by atoms with van der Waals surface area (Å²) in [6.45, 7) is 4.63. The molecule has 4 nitrogen and oxygen atoms in total. The lowest BCUT2D eigenvalue weighted by Crippen LogP contribution is -2.30. The Balaban J connectivity index is 1.81. The molecule has 1 aromatic carbocycles. The molecule has 1 saturated heterocycles. The predicted molar refractivity (Wildman–Crippen MR) is 75.2 cm³/mol. The highest BCUT2D eigenvalue weighted by Crippen LogP contribution is 2.25. The minimum atomic E-state index is -0.389. The molecule has 0 radical (unpaired) electrons. The van der Waals surface area contributed by atoms with E-state index in [0.717, 1.165) is 6.54 Å². The van der Waals surface area contributed by atoms with Gasteiger partial charge < -0.3 is 10.5 Å². The number of hydrogen-bond acceptors (Lipinski definition) is 3. The van der Waals surface area contributed by atoms with E-state index in [2.05, 4.69) is 4.90 Å². The molecule has 2 atom stereocenters. The third-order valence-corrected chi connectivity index (χ3v) is 3.91. The highest BCUT2D eigenvalue weighted by Gasteiger charge is 2.32. The summed E-state index contributed by atoms with van der Waals surface area (Å²) < 4.78 is 18.4. The van der Waals surface area contributed by atoms with E-state index in [-0.39, 0.29) is 28.6 Å². The number of carbonyl (C=O) groups excluding carboxylic acids is 1. The first-order valence-electron chi connectivity index (χ1n) is 6.57. The Kier molecular flexibility index (Phi) is 4.83. The van der Waals surface area contributed by atoms with E-state index in [9.17, 15) is 9.18 Å². The Bertz CT molecular complexity index is 498. The van der Waals surface area contributed by atoms with Crippen LogP contribution in [-0.2, 0) is 4.79 Å². The Hall–Kier alpha value is -1.33. The molecule has 1 amide bonds. The SMILES string of the molecule is C[C@@H]1CN(CCOc2ccc(F)cc2Cl)C[C@H]1C(N)=O. The minimum Gasteiger partial charge on any atom is -0.491 e. The zero-order valence-corrected chi connectivity index (χ0v) is 12.1. The van der Waals surface area contributed by atoms with Gasteiger partial charge in [-0.15, -0.1) is 0 Å². The molecule has 0 bridgehead atoms. The Morgan fingerprint density at radius 2 is 2.30 bits per heavy atom. The molecule has 0 unspecified atom stereocenters. The molecule has 1 fully saturated rings. The highest BCUT2D eigenvalue weighted by atomic mass is 35.5. The van der Waals surface area contributed by atoms with Gasteiger partial charge in [0.25, 0.3) is 0 Å². The number of likely N-dealkylation sites (tertiary alicyclic amines) is 1. The summed E-state index contributed by atoms with van der Waals surface area (Å²) in [6.07, 6.45) is 0. The number of nitrogens with zero attached hydrogens (tertiary/aromatic N) is 1. The van der Waals surface area contributed by atoms with Crippen molar-refractivity contribution in [2.24, 2.45) is 17.6 Å². The van der Waals surface area contributed by atoms with Crippen molar-refractivity contribution in [3.63, 3.8) is 0 Å². The molecule has 1 heterocycles. The smallest absolute Gasteiger partial charge is 0.222 e. The molecule has 1 aromatic rings. The lowest BCUT2D eigenvalue weighted by atomic mass is 9.98. The number of nitrogens with two attached hydrogens (primary N) is 1. The van der Waals surface area contributed by atoms with Crippen LogP contribution in [0.15, 0.2) is 18.2 Å². The van der Waals surface area contributed by atoms with E-state index in [4.69, 9.17) is 22.1 Å².